The van der Waals surface area contributed by atoms with E-state index in [1.807, 2.05) is 37.3 Å². The van der Waals surface area contributed by atoms with E-state index in [1.165, 1.54) is 0 Å². The third kappa shape index (κ3) is 7.77. The number of aryl methyl sites for hydroxylation is 1. The largest absolute Gasteiger partial charge is 1.00 e. The van der Waals surface area contributed by atoms with Gasteiger partial charge in [0.2, 0.25) is 0 Å². The van der Waals surface area contributed by atoms with Gasteiger partial charge in [-0.1, -0.05) is 31.2 Å². The van der Waals surface area contributed by atoms with E-state index in [0.29, 0.717) is 36.7 Å². The van der Waals surface area contributed by atoms with Gasteiger partial charge < -0.3 is 48.4 Å². The van der Waals surface area contributed by atoms with Crippen molar-refractivity contribution >= 4 is 7.82 Å². The van der Waals surface area contributed by atoms with Crippen LogP contribution in [-0.2, 0) is 26.7 Å². The van der Waals surface area contributed by atoms with E-state index in [0.717, 1.165) is 23.1 Å². The topological polar surface area (TPSA) is 161 Å². The van der Waals surface area contributed by atoms with Gasteiger partial charge in [-0.15, -0.1) is 0 Å². The first-order chi connectivity index (χ1) is 16.2. The van der Waals surface area contributed by atoms with Crippen LogP contribution in [0.3, 0.4) is 0 Å². The average Bonchev–Trinajstić information content (AvgIpc) is 2.81. The molecule has 2 aromatic rings. The van der Waals surface area contributed by atoms with Crippen molar-refractivity contribution in [3.63, 3.8) is 0 Å². The number of hydrogen-bond donors (Lipinski definition) is 3. The normalized spacial score (nSPS) is 25.4. The Balaban J connectivity index is 0.00000228. The van der Waals surface area contributed by atoms with Crippen LogP contribution in [0.2, 0.25) is 0 Å². The number of benzene rings is 2. The van der Waals surface area contributed by atoms with Gasteiger partial charge >= 0.3 is 59.1 Å². The zero-order valence-electron chi connectivity index (χ0n) is 20.5. The summed E-state index contributed by atoms with van der Waals surface area (Å²) in [4.78, 5) is 21.7. The second-order valence-corrected chi connectivity index (χ2v) is 9.50. The molecule has 2 aliphatic heterocycles. The quantitative estimate of drug-likeness (QED) is 0.228. The van der Waals surface area contributed by atoms with Crippen LogP contribution in [0, 0.1) is 0 Å². The molecule has 0 amide bonds. The van der Waals surface area contributed by atoms with Crippen molar-refractivity contribution in [3.8, 4) is 11.5 Å². The minimum Gasteiger partial charge on any atom is -0.790 e. The van der Waals surface area contributed by atoms with E-state index in [2.05, 4.69) is 4.52 Å². The molecule has 0 bridgehead atoms. The molecule has 0 saturated carbocycles. The third-order valence-corrected chi connectivity index (χ3v) is 6.52. The average molecular weight is 540 g/mol. The Morgan fingerprint density at radius 2 is 1.64 bits per heavy atom. The molecule has 10 nitrogen and oxygen atoms in total. The SMILES string of the molecule is CCc1ccc([C@@H]2O[C@H](COP(=O)([O-])[O-])[C@@H](O)[C@H](O)[C@H]2O)cc1Cc1ccc2c(c1)OCCO2.[Na+].[Na+]. The molecule has 1 saturated heterocycles. The summed E-state index contributed by atoms with van der Waals surface area (Å²) in [5.41, 5.74) is 3.55. The van der Waals surface area contributed by atoms with Crippen LogP contribution in [0.25, 0.3) is 0 Å². The summed E-state index contributed by atoms with van der Waals surface area (Å²) >= 11 is 0. The molecule has 2 heterocycles. The van der Waals surface area contributed by atoms with Crippen molar-refractivity contribution in [3.05, 3.63) is 58.7 Å². The Kier molecular flexibility index (Phi) is 12.4. The molecular weight excluding hydrogens is 513 g/mol. The van der Waals surface area contributed by atoms with Crippen LogP contribution >= 0.6 is 7.82 Å². The molecule has 0 radical (unpaired) electrons. The molecule has 5 atom stereocenters. The molecule has 186 valence electrons. The van der Waals surface area contributed by atoms with E-state index in [1.54, 1.807) is 6.07 Å². The fourth-order valence-electron chi connectivity index (χ4n) is 4.28. The number of rotatable bonds is 7. The van der Waals surface area contributed by atoms with Gasteiger partial charge in [-0.25, -0.2) is 0 Å². The van der Waals surface area contributed by atoms with Gasteiger partial charge in [0.05, 0.1) is 14.4 Å². The zero-order valence-corrected chi connectivity index (χ0v) is 25.4. The summed E-state index contributed by atoms with van der Waals surface area (Å²) in [7, 11) is -5.31. The Morgan fingerprint density at radius 1 is 0.944 bits per heavy atom. The molecule has 0 aromatic heterocycles. The van der Waals surface area contributed by atoms with Gasteiger partial charge in [0.1, 0.15) is 43.7 Å². The van der Waals surface area contributed by atoms with Crippen LogP contribution in [0.5, 0.6) is 11.5 Å². The summed E-state index contributed by atoms with van der Waals surface area (Å²) < 4.78 is 32.0. The van der Waals surface area contributed by atoms with E-state index in [-0.39, 0.29) is 59.1 Å². The van der Waals surface area contributed by atoms with Crippen molar-refractivity contribution < 1.29 is 108 Å². The van der Waals surface area contributed by atoms with Crippen LogP contribution in [0.4, 0.5) is 0 Å². The monoisotopic (exact) mass is 540 g/mol. The first-order valence-corrected chi connectivity index (χ1v) is 12.5. The summed E-state index contributed by atoms with van der Waals surface area (Å²) in [5, 5.41) is 31.0. The van der Waals surface area contributed by atoms with Crippen LogP contribution in [0.1, 0.15) is 35.3 Å². The van der Waals surface area contributed by atoms with Crippen LogP contribution in [-0.4, -0.2) is 59.6 Å². The van der Waals surface area contributed by atoms with Gasteiger partial charge in [-0.2, -0.15) is 0 Å². The molecular formula is C23H27Na2O10P. The van der Waals surface area contributed by atoms with E-state index >= 15 is 0 Å². The summed E-state index contributed by atoms with van der Waals surface area (Å²) in [6.07, 6.45) is -5.83. The maximum Gasteiger partial charge on any atom is 1.00 e. The van der Waals surface area contributed by atoms with Crippen LogP contribution < -0.4 is 78.4 Å². The van der Waals surface area contributed by atoms with Gasteiger partial charge in [0.15, 0.2) is 11.5 Å². The molecule has 2 aliphatic rings. The number of phosphoric acid groups is 1. The smallest absolute Gasteiger partial charge is 0.790 e. The fourth-order valence-corrected chi connectivity index (χ4v) is 4.61. The summed E-state index contributed by atoms with van der Waals surface area (Å²) in [6, 6.07) is 11.2. The second-order valence-electron chi connectivity index (χ2n) is 8.35. The van der Waals surface area contributed by atoms with E-state index in [9.17, 15) is 29.7 Å². The molecule has 36 heavy (non-hydrogen) atoms. The Labute approximate surface area is 253 Å². The van der Waals surface area contributed by atoms with Crippen molar-refractivity contribution in [2.24, 2.45) is 0 Å². The van der Waals surface area contributed by atoms with E-state index in [4.69, 9.17) is 14.2 Å². The molecule has 4 rings (SSSR count). The fraction of sp³-hybridized carbons (Fsp3) is 0.478. The first kappa shape index (κ1) is 32.2. The summed E-state index contributed by atoms with van der Waals surface area (Å²) in [5.74, 6) is 1.37. The zero-order chi connectivity index (χ0) is 24.5. The molecule has 0 spiro atoms. The predicted molar refractivity (Wildman–Crippen MR) is 115 cm³/mol. The molecule has 1 fully saturated rings. The minimum atomic E-state index is -5.31. The number of phosphoric ester groups is 1. The number of aliphatic hydroxyl groups excluding tert-OH is 3. The number of hydrogen-bond acceptors (Lipinski definition) is 10. The number of ether oxygens (including phenoxy) is 3. The Morgan fingerprint density at radius 3 is 2.31 bits per heavy atom. The van der Waals surface area contributed by atoms with Crippen LogP contribution in [0.15, 0.2) is 36.4 Å². The Hall–Kier alpha value is -0.01000. The maximum atomic E-state index is 10.8. The summed E-state index contributed by atoms with van der Waals surface area (Å²) in [6.45, 7) is 2.23. The standard InChI is InChI=1S/C23H29O10P.2Na/c1-2-14-4-5-15(11-16(14)9-13-3-6-17-18(10-13)31-8-7-30-17)23-22(26)21(25)20(24)19(33-23)12-32-34(27,28)29;;/h3-6,10-11,19-26H,2,7-9,12H2,1H3,(H2,27,28,29);;/q;2*+1/p-2/t19-,20-,21+,22-,23+;;/m1../s1. The van der Waals surface area contributed by atoms with Gasteiger partial charge in [-0.05, 0) is 47.2 Å². The van der Waals surface area contributed by atoms with Gasteiger partial charge in [0, 0.05) is 0 Å². The molecule has 0 aliphatic carbocycles. The van der Waals surface area contributed by atoms with Crippen molar-refractivity contribution in [2.45, 2.75) is 50.3 Å². The minimum absolute atomic E-state index is 0. The predicted octanol–water partition coefficient (Wildman–Crippen LogP) is -6.01. The maximum absolute atomic E-state index is 10.8. The second kappa shape index (κ2) is 13.9. The number of aliphatic hydroxyl groups is 3. The van der Waals surface area contributed by atoms with Crippen molar-refractivity contribution in [2.75, 3.05) is 19.8 Å². The molecule has 3 N–H and O–H groups in total. The van der Waals surface area contributed by atoms with Crippen molar-refractivity contribution in [1.29, 1.82) is 0 Å². The Bertz CT molecular complexity index is 1070. The van der Waals surface area contributed by atoms with Gasteiger partial charge in [0.25, 0.3) is 0 Å². The van der Waals surface area contributed by atoms with E-state index < -0.39 is 44.9 Å². The van der Waals surface area contributed by atoms with Crippen molar-refractivity contribution in [1.82, 2.24) is 0 Å². The first-order valence-electron chi connectivity index (χ1n) is 11.0. The third-order valence-electron chi connectivity index (χ3n) is 6.05. The van der Waals surface area contributed by atoms with Gasteiger partial charge in [-0.3, -0.25) is 0 Å². The molecule has 13 heteroatoms. The molecule has 0 unspecified atom stereocenters. The number of fused-ring (bicyclic) bond motifs is 1. The molecule has 2 aromatic carbocycles.